The topological polar surface area (TPSA) is 135 Å². The van der Waals surface area contributed by atoms with Gasteiger partial charge in [-0.05, 0) is 33.7 Å². The summed E-state index contributed by atoms with van der Waals surface area (Å²) in [4.78, 5) is 25.6. The molecule has 1 aromatic carbocycles. The second kappa shape index (κ2) is 9.50. The van der Waals surface area contributed by atoms with Gasteiger partial charge in [0.25, 0.3) is 5.95 Å². The Kier molecular flexibility index (Phi) is 6.11. The van der Waals surface area contributed by atoms with Crippen molar-refractivity contribution >= 4 is 5.91 Å². The molecule has 2 unspecified atom stereocenters. The minimum atomic E-state index is -0.101. The minimum absolute atomic E-state index is 0.0392. The van der Waals surface area contributed by atoms with Crippen LogP contribution in [0.1, 0.15) is 22.8 Å². The summed E-state index contributed by atoms with van der Waals surface area (Å²) in [6.45, 7) is 3.31. The van der Waals surface area contributed by atoms with Crippen LogP contribution in [-0.4, -0.2) is 91.8 Å². The van der Waals surface area contributed by atoms with Gasteiger partial charge in [-0.15, -0.1) is 5.10 Å². The molecule has 12 nitrogen and oxygen atoms in total. The maximum Gasteiger partial charge on any atom is 0.253 e. The number of nitriles is 1. The highest BCUT2D eigenvalue weighted by Crippen LogP contribution is 2.30. The summed E-state index contributed by atoms with van der Waals surface area (Å²) in [5.74, 6) is 0.942. The number of nitrogens with zero attached hydrogens (tertiary/aromatic N) is 9. The summed E-state index contributed by atoms with van der Waals surface area (Å²) in [5.41, 5.74) is 2.22. The number of benzene rings is 1. The minimum Gasteiger partial charge on any atom is -0.495 e. The number of morpholine rings is 1. The average molecular weight is 461 g/mol. The Morgan fingerprint density at radius 3 is 2.85 bits per heavy atom. The van der Waals surface area contributed by atoms with Crippen molar-refractivity contribution in [3.8, 4) is 17.8 Å². The molecule has 3 aromatic rings. The third kappa shape index (κ3) is 4.43. The van der Waals surface area contributed by atoms with E-state index in [1.807, 2.05) is 17.0 Å². The largest absolute Gasteiger partial charge is 0.495 e. The number of carbonyl (C=O) groups is 1. The summed E-state index contributed by atoms with van der Waals surface area (Å²) in [6.07, 6.45) is 4.79. The number of methoxy groups -OCH3 is 1. The van der Waals surface area contributed by atoms with Gasteiger partial charge < -0.3 is 14.4 Å². The fraction of sp³-hybridized carbons (Fsp3) is 0.409. The standard InChI is InChI=1S/C22H23N9O3/c1-33-19-7-16(2-3-17(19)8-23)20-12-29-4-5-30(11-18(29)13-34-20)21(32)6-15-9-24-22(25-10-15)31-14-26-27-28-31/h2-3,7,9-10,14,18,20H,4-6,11-13H2,1H3. The van der Waals surface area contributed by atoms with E-state index in [-0.39, 0.29) is 24.5 Å². The molecule has 0 N–H and O–H groups in total. The number of ether oxygens (including phenoxy) is 2. The summed E-state index contributed by atoms with van der Waals surface area (Å²) in [7, 11) is 1.56. The van der Waals surface area contributed by atoms with Crippen molar-refractivity contribution in [2.24, 2.45) is 0 Å². The van der Waals surface area contributed by atoms with E-state index >= 15 is 0 Å². The molecular weight excluding hydrogens is 438 g/mol. The molecule has 2 saturated heterocycles. The smallest absolute Gasteiger partial charge is 0.253 e. The highest BCUT2D eigenvalue weighted by atomic mass is 16.5. The first-order valence-corrected chi connectivity index (χ1v) is 10.9. The SMILES string of the molecule is COc1cc(C2CN3CCN(C(=O)Cc4cnc(-n5cnnn5)nc4)CC3CO2)ccc1C#N. The normalized spacial score (nSPS) is 20.4. The van der Waals surface area contributed by atoms with E-state index in [0.29, 0.717) is 37.0 Å². The number of tetrazole rings is 1. The molecule has 0 radical (unpaired) electrons. The van der Waals surface area contributed by atoms with Crippen LogP contribution in [-0.2, 0) is 16.0 Å². The van der Waals surface area contributed by atoms with Gasteiger partial charge in [0, 0.05) is 38.6 Å². The predicted octanol–water partition coefficient (Wildman–Crippen LogP) is 0.159. The van der Waals surface area contributed by atoms with Crippen molar-refractivity contribution in [3.63, 3.8) is 0 Å². The van der Waals surface area contributed by atoms with Crippen LogP contribution in [0.2, 0.25) is 0 Å². The fourth-order valence-corrected chi connectivity index (χ4v) is 4.31. The highest BCUT2D eigenvalue weighted by Gasteiger charge is 2.35. The van der Waals surface area contributed by atoms with Crippen molar-refractivity contribution in [1.82, 2.24) is 40.0 Å². The first-order chi connectivity index (χ1) is 16.6. The van der Waals surface area contributed by atoms with Crippen LogP contribution in [0.15, 0.2) is 36.9 Å². The third-order valence-electron chi connectivity index (χ3n) is 6.17. The van der Waals surface area contributed by atoms with E-state index in [0.717, 1.165) is 24.2 Å². The molecule has 2 aromatic heterocycles. The molecule has 2 aliphatic heterocycles. The first kappa shape index (κ1) is 21.9. The molecule has 0 saturated carbocycles. The molecule has 34 heavy (non-hydrogen) atoms. The lowest BCUT2D eigenvalue weighted by molar-refractivity contribution is -0.139. The number of carbonyl (C=O) groups excluding carboxylic acids is 1. The van der Waals surface area contributed by atoms with Gasteiger partial charge in [0.15, 0.2) is 0 Å². The Morgan fingerprint density at radius 1 is 1.26 bits per heavy atom. The summed E-state index contributed by atoms with van der Waals surface area (Å²) in [5, 5.41) is 20.1. The van der Waals surface area contributed by atoms with Crippen LogP contribution in [0.3, 0.4) is 0 Å². The van der Waals surface area contributed by atoms with Crippen LogP contribution in [0.5, 0.6) is 5.75 Å². The number of rotatable bonds is 5. The van der Waals surface area contributed by atoms with E-state index < -0.39 is 0 Å². The zero-order valence-electron chi connectivity index (χ0n) is 18.6. The van der Waals surface area contributed by atoms with Crippen molar-refractivity contribution in [3.05, 3.63) is 53.6 Å². The van der Waals surface area contributed by atoms with Crippen LogP contribution in [0.25, 0.3) is 5.95 Å². The Bertz CT molecular complexity index is 1190. The second-order valence-electron chi connectivity index (χ2n) is 8.20. The van der Waals surface area contributed by atoms with Crippen molar-refractivity contribution in [2.45, 2.75) is 18.6 Å². The van der Waals surface area contributed by atoms with Gasteiger partial charge >= 0.3 is 0 Å². The third-order valence-corrected chi connectivity index (χ3v) is 6.17. The lowest BCUT2D eigenvalue weighted by atomic mass is 10.0. The van der Waals surface area contributed by atoms with Crippen molar-refractivity contribution in [2.75, 3.05) is 39.9 Å². The zero-order chi connectivity index (χ0) is 23.5. The lowest BCUT2D eigenvalue weighted by Crippen LogP contribution is -2.59. The molecule has 1 amide bonds. The number of aromatic nitrogens is 6. The molecule has 0 spiro atoms. The Balaban J connectivity index is 1.17. The van der Waals surface area contributed by atoms with Gasteiger partial charge in [0.2, 0.25) is 5.91 Å². The quantitative estimate of drug-likeness (QED) is 0.517. The van der Waals surface area contributed by atoms with E-state index in [2.05, 4.69) is 36.5 Å². The van der Waals surface area contributed by atoms with Gasteiger partial charge in [-0.25, -0.2) is 9.97 Å². The lowest BCUT2D eigenvalue weighted by Gasteiger charge is -2.46. The number of fused-ring (bicyclic) bond motifs is 1. The molecule has 4 heterocycles. The molecule has 0 aliphatic carbocycles. The summed E-state index contributed by atoms with van der Waals surface area (Å²) in [6, 6.07) is 7.83. The predicted molar refractivity (Wildman–Crippen MR) is 117 cm³/mol. The van der Waals surface area contributed by atoms with E-state index in [9.17, 15) is 10.1 Å². The maximum atomic E-state index is 12.9. The Hall–Kier alpha value is -3.95. The maximum absolute atomic E-state index is 12.9. The monoisotopic (exact) mass is 461 g/mol. The second-order valence-corrected chi connectivity index (χ2v) is 8.20. The number of hydrogen-bond acceptors (Lipinski definition) is 10. The summed E-state index contributed by atoms with van der Waals surface area (Å²) >= 11 is 0. The molecule has 2 fully saturated rings. The molecule has 0 bridgehead atoms. The highest BCUT2D eigenvalue weighted by molar-refractivity contribution is 5.78. The van der Waals surface area contributed by atoms with Gasteiger partial charge in [0.05, 0.1) is 37.8 Å². The van der Waals surface area contributed by atoms with Crippen molar-refractivity contribution < 1.29 is 14.3 Å². The van der Waals surface area contributed by atoms with E-state index in [1.165, 1.54) is 11.0 Å². The van der Waals surface area contributed by atoms with Gasteiger partial charge in [-0.1, -0.05) is 6.07 Å². The fourth-order valence-electron chi connectivity index (χ4n) is 4.31. The molecule has 12 heteroatoms. The molecule has 2 aliphatic rings. The van der Waals surface area contributed by atoms with Crippen LogP contribution >= 0.6 is 0 Å². The van der Waals surface area contributed by atoms with Crippen LogP contribution < -0.4 is 4.74 Å². The first-order valence-electron chi connectivity index (χ1n) is 10.9. The Morgan fingerprint density at radius 2 is 2.12 bits per heavy atom. The zero-order valence-corrected chi connectivity index (χ0v) is 18.6. The van der Waals surface area contributed by atoms with E-state index in [1.54, 1.807) is 25.6 Å². The van der Waals surface area contributed by atoms with Gasteiger partial charge in [0.1, 0.15) is 18.1 Å². The Labute approximate surface area is 195 Å². The van der Waals surface area contributed by atoms with Crippen molar-refractivity contribution in [1.29, 1.82) is 5.26 Å². The van der Waals surface area contributed by atoms with Crippen LogP contribution in [0, 0.1) is 11.3 Å². The summed E-state index contributed by atoms with van der Waals surface area (Å²) < 4.78 is 12.8. The average Bonchev–Trinajstić information content (AvgIpc) is 3.43. The van der Waals surface area contributed by atoms with Crippen LogP contribution in [0.4, 0.5) is 0 Å². The molecule has 174 valence electrons. The van der Waals surface area contributed by atoms with Gasteiger partial charge in [-0.3, -0.25) is 9.69 Å². The molecular formula is C22H23N9O3. The number of amides is 1. The number of piperazine rings is 1. The van der Waals surface area contributed by atoms with E-state index in [4.69, 9.17) is 9.47 Å². The molecule has 2 atom stereocenters. The van der Waals surface area contributed by atoms with Gasteiger partial charge in [-0.2, -0.15) is 9.94 Å². The molecule has 5 rings (SSSR count). The number of hydrogen-bond donors (Lipinski definition) is 0.